The first-order valence-electron chi connectivity index (χ1n) is 6.06. The summed E-state index contributed by atoms with van der Waals surface area (Å²) < 4.78 is 5.76. The Balaban J connectivity index is 1.64. The van der Waals surface area contributed by atoms with Gasteiger partial charge in [0.15, 0.2) is 0 Å². The molecule has 2 aliphatic heterocycles. The Morgan fingerprint density at radius 2 is 2.38 bits per heavy atom. The second-order valence-corrected chi connectivity index (χ2v) is 4.87. The van der Waals surface area contributed by atoms with Crippen molar-refractivity contribution in [1.29, 1.82) is 0 Å². The van der Waals surface area contributed by atoms with Gasteiger partial charge < -0.3 is 9.84 Å². The molecule has 3 nitrogen and oxygen atoms in total. The minimum absolute atomic E-state index is 0.295. The molecule has 0 aromatic carbocycles. The number of rotatable bonds is 3. The third-order valence-corrected chi connectivity index (χ3v) is 3.79. The Morgan fingerprint density at radius 3 is 3.00 bits per heavy atom. The summed E-state index contributed by atoms with van der Waals surface area (Å²) in [6.45, 7) is 0. The standard InChI is InChI=1S/C13H17NO2/c15-12(7-9-3-1-2-6-14-9)11-8-10-4-5-13(11)16-10/h1-3,6,10-13,15H,4-5,7-8H2. The van der Waals surface area contributed by atoms with Crippen molar-refractivity contribution in [3.63, 3.8) is 0 Å². The van der Waals surface area contributed by atoms with Crippen molar-refractivity contribution < 1.29 is 9.84 Å². The lowest BCUT2D eigenvalue weighted by molar-refractivity contribution is 0.0427. The van der Waals surface area contributed by atoms with Crippen molar-refractivity contribution in [3.05, 3.63) is 30.1 Å². The zero-order valence-electron chi connectivity index (χ0n) is 9.25. The SMILES string of the molecule is OC(Cc1ccccn1)C1CC2CCC1O2. The largest absolute Gasteiger partial charge is 0.392 e. The molecule has 2 saturated heterocycles. The van der Waals surface area contributed by atoms with E-state index in [1.807, 2.05) is 18.2 Å². The normalized spacial score (nSPS) is 34.2. The molecule has 0 amide bonds. The van der Waals surface area contributed by atoms with Gasteiger partial charge in [0.1, 0.15) is 0 Å². The second-order valence-electron chi connectivity index (χ2n) is 4.87. The predicted octanol–water partition coefficient (Wildman–Crippen LogP) is 1.55. The number of fused-ring (bicyclic) bond motifs is 2. The van der Waals surface area contributed by atoms with E-state index in [1.165, 1.54) is 6.42 Å². The van der Waals surface area contributed by atoms with Crippen LogP contribution < -0.4 is 0 Å². The van der Waals surface area contributed by atoms with Gasteiger partial charge >= 0.3 is 0 Å². The van der Waals surface area contributed by atoms with Gasteiger partial charge in [-0.3, -0.25) is 4.98 Å². The summed E-state index contributed by atoms with van der Waals surface area (Å²) in [4.78, 5) is 4.25. The average Bonchev–Trinajstić information content (AvgIpc) is 2.92. The molecule has 86 valence electrons. The van der Waals surface area contributed by atoms with Crippen LogP contribution in [-0.2, 0) is 11.2 Å². The van der Waals surface area contributed by atoms with Crippen molar-refractivity contribution in [3.8, 4) is 0 Å². The van der Waals surface area contributed by atoms with Crippen LogP contribution in [0.25, 0.3) is 0 Å². The second kappa shape index (κ2) is 4.15. The number of nitrogens with zero attached hydrogens (tertiary/aromatic N) is 1. The van der Waals surface area contributed by atoms with Crippen molar-refractivity contribution in [2.75, 3.05) is 0 Å². The monoisotopic (exact) mass is 219 g/mol. The van der Waals surface area contributed by atoms with Crippen LogP contribution in [0.15, 0.2) is 24.4 Å². The Morgan fingerprint density at radius 1 is 1.44 bits per heavy atom. The predicted molar refractivity (Wildman–Crippen MR) is 59.9 cm³/mol. The molecule has 16 heavy (non-hydrogen) atoms. The molecule has 3 rings (SSSR count). The van der Waals surface area contributed by atoms with E-state index in [-0.39, 0.29) is 6.10 Å². The van der Waals surface area contributed by atoms with Gasteiger partial charge in [-0.1, -0.05) is 6.07 Å². The summed E-state index contributed by atoms with van der Waals surface area (Å²) in [5, 5.41) is 10.2. The first-order chi connectivity index (χ1) is 7.83. The maximum absolute atomic E-state index is 10.2. The van der Waals surface area contributed by atoms with Crippen LogP contribution in [0, 0.1) is 5.92 Å². The Kier molecular flexibility index (Phi) is 2.65. The van der Waals surface area contributed by atoms with Gasteiger partial charge in [0.25, 0.3) is 0 Å². The maximum Gasteiger partial charge on any atom is 0.0649 e. The topological polar surface area (TPSA) is 42.4 Å². The highest BCUT2D eigenvalue weighted by molar-refractivity contribution is 5.06. The van der Waals surface area contributed by atoms with Crippen LogP contribution in [0.3, 0.4) is 0 Å². The molecule has 2 aliphatic rings. The number of aliphatic hydroxyl groups excluding tert-OH is 1. The Labute approximate surface area is 95.5 Å². The zero-order chi connectivity index (χ0) is 11.0. The number of aliphatic hydroxyl groups is 1. The van der Waals surface area contributed by atoms with Crippen molar-refractivity contribution >= 4 is 0 Å². The summed E-state index contributed by atoms with van der Waals surface area (Å²) in [6, 6.07) is 5.83. The van der Waals surface area contributed by atoms with Crippen LogP contribution in [0.2, 0.25) is 0 Å². The van der Waals surface area contributed by atoms with Crippen LogP contribution in [0.1, 0.15) is 25.0 Å². The maximum atomic E-state index is 10.2. The summed E-state index contributed by atoms with van der Waals surface area (Å²) in [6.07, 6.45) is 6.16. The zero-order valence-corrected chi connectivity index (χ0v) is 9.25. The van der Waals surface area contributed by atoms with Gasteiger partial charge in [-0.2, -0.15) is 0 Å². The fraction of sp³-hybridized carbons (Fsp3) is 0.615. The van der Waals surface area contributed by atoms with Crippen LogP contribution in [0.5, 0.6) is 0 Å². The molecule has 2 bridgehead atoms. The number of hydrogen-bond acceptors (Lipinski definition) is 3. The minimum Gasteiger partial charge on any atom is -0.392 e. The van der Waals surface area contributed by atoms with Gasteiger partial charge in [0, 0.05) is 24.2 Å². The van der Waals surface area contributed by atoms with E-state index in [9.17, 15) is 5.11 Å². The van der Waals surface area contributed by atoms with E-state index in [4.69, 9.17) is 4.74 Å². The van der Waals surface area contributed by atoms with Crippen molar-refractivity contribution in [2.45, 2.75) is 44.0 Å². The van der Waals surface area contributed by atoms with Crippen LogP contribution in [0.4, 0.5) is 0 Å². The third kappa shape index (κ3) is 1.85. The lowest BCUT2D eigenvalue weighted by atomic mass is 9.83. The first-order valence-corrected chi connectivity index (χ1v) is 6.06. The average molecular weight is 219 g/mol. The van der Waals surface area contributed by atoms with E-state index >= 15 is 0 Å². The van der Waals surface area contributed by atoms with E-state index < -0.39 is 0 Å². The van der Waals surface area contributed by atoms with E-state index in [0.29, 0.717) is 24.5 Å². The smallest absolute Gasteiger partial charge is 0.0649 e. The number of ether oxygens (including phenoxy) is 1. The summed E-state index contributed by atoms with van der Waals surface area (Å²) in [5.41, 5.74) is 0.970. The van der Waals surface area contributed by atoms with E-state index in [2.05, 4.69) is 4.98 Å². The molecule has 3 heteroatoms. The quantitative estimate of drug-likeness (QED) is 0.838. The molecule has 1 N–H and O–H groups in total. The Bertz CT molecular complexity index is 354. The van der Waals surface area contributed by atoms with Gasteiger partial charge in [0.05, 0.1) is 18.3 Å². The van der Waals surface area contributed by atoms with Gasteiger partial charge in [-0.05, 0) is 31.4 Å². The number of hydrogen-bond donors (Lipinski definition) is 1. The molecule has 0 saturated carbocycles. The number of pyridine rings is 1. The highest BCUT2D eigenvalue weighted by atomic mass is 16.5. The molecule has 0 radical (unpaired) electrons. The van der Waals surface area contributed by atoms with Crippen LogP contribution in [-0.4, -0.2) is 28.4 Å². The van der Waals surface area contributed by atoms with Crippen molar-refractivity contribution in [1.82, 2.24) is 4.98 Å². The molecule has 2 fully saturated rings. The molecule has 1 aromatic rings. The fourth-order valence-electron chi connectivity index (χ4n) is 2.97. The van der Waals surface area contributed by atoms with Gasteiger partial charge in [-0.15, -0.1) is 0 Å². The molecule has 4 unspecified atom stereocenters. The van der Waals surface area contributed by atoms with Gasteiger partial charge in [0.2, 0.25) is 0 Å². The first kappa shape index (κ1) is 10.2. The fourth-order valence-corrected chi connectivity index (χ4v) is 2.97. The highest BCUT2D eigenvalue weighted by Gasteiger charge is 2.43. The lowest BCUT2D eigenvalue weighted by Gasteiger charge is -2.23. The van der Waals surface area contributed by atoms with E-state index in [0.717, 1.165) is 18.5 Å². The molecule has 0 aliphatic carbocycles. The molecule has 3 heterocycles. The lowest BCUT2D eigenvalue weighted by Crippen LogP contribution is -2.31. The van der Waals surface area contributed by atoms with Crippen molar-refractivity contribution in [2.24, 2.45) is 5.92 Å². The summed E-state index contributed by atoms with van der Waals surface area (Å²) >= 11 is 0. The molecule has 4 atom stereocenters. The molecular weight excluding hydrogens is 202 g/mol. The molecule has 0 spiro atoms. The Hall–Kier alpha value is -0.930. The van der Waals surface area contributed by atoms with Gasteiger partial charge in [-0.25, -0.2) is 0 Å². The minimum atomic E-state index is -0.301. The highest BCUT2D eigenvalue weighted by Crippen LogP contribution is 2.40. The molecular formula is C13H17NO2. The summed E-state index contributed by atoms with van der Waals surface area (Å²) in [5.74, 6) is 0.320. The summed E-state index contributed by atoms with van der Waals surface area (Å²) in [7, 11) is 0. The van der Waals surface area contributed by atoms with Crippen LogP contribution >= 0.6 is 0 Å². The number of aromatic nitrogens is 1. The molecule has 1 aromatic heterocycles. The third-order valence-electron chi connectivity index (χ3n) is 3.79. The van der Waals surface area contributed by atoms with E-state index in [1.54, 1.807) is 6.20 Å².